The molecule has 4 nitrogen and oxygen atoms in total. The van der Waals surface area contributed by atoms with Gasteiger partial charge in [0, 0.05) is 12.4 Å². The van der Waals surface area contributed by atoms with E-state index in [0.29, 0.717) is 11.3 Å². The lowest BCUT2D eigenvalue weighted by atomic mass is 9.86. The molecule has 0 saturated carbocycles. The lowest BCUT2D eigenvalue weighted by Crippen LogP contribution is -2.36. The number of rotatable bonds is 11. The number of nitrogens with zero attached hydrogens (tertiary/aromatic N) is 1. The van der Waals surface area contributed by atoms with E-state index in [0.717, 1.165) is 73.8 Å². The summed E-state index contributed by atoms with van der Waals surface area (Å²) in [5.41, 5.74) is 7.66. The van der Waals surface area contributed by atoms with Crippen LogP contribution in [0.5, 0.6) is 11.5 Å². The van der Waals surface area contributed by atoms with Crippen molar-refractivity contribution in [2.24, 2.45) is 0 Å². The van der Waals surface area contributed by atoms with Crippen LogP contribution in [0, 0.1) is 13.8 Å². The predicted octanol–water partition coefficient (Wildman–Crippen LogP) is 9.20. The highest BCUT2D eigenvalue weighted by atomic mass is 16.5. The van der Waals surface area contributed by atoms with Crippen LogP contribution in [0.1, 0.15) is 107 Å². The molecule has 38 heavy (non-hydrogen) atoms. The third-order valence-electron chi connectivity index (χ3n) is 7.53. The van der Waals surface area contributed by atoms with Crippen molar-refractivity contribution in [3.63, 3.8) is 0 Å². The summed E-state index contributed by atoms with van der Waals surface area (Å²) < 4.78 is 12.4. The molecule has 0 N–H and O–H groups in total. The van der Waals surface area contributed by atoms with E-state index in [1.807, 2.05) is 13.0 Å². The predicted molar refractivity (Wildman–Crippen MR) is 157 cm³/mol. The van der Waals surface area contributed by atoms with Gasteiger partial charge in [-0.05, 0) is 135 Å². The number of allylic oxidation sites excluding steroid dienone is 6. The number of fused-ring (bicyclic) bond motifs is 1. The van der Waals surface area contributed by atoms with E-state index in [4.69, 9.17) is 9.47 Å². The minimum Gasteiger partial charge on any atom is -0.487 e. The summed E-state index contributed by atoms with van der Waals surface area (Å²) >= 11 is 0. The van der Waals surface area contributed by atoms with Crippen LogP contribution in [0.15, 0.2) is 65.5 Å². The van der Waals surface area contributed by atoms with Crippen LogP contribution in [0.25, 0.3) is 0 Å². The second kappa shape index (κ2) is 13.6. The van der Waals surface area contributed by atoms with Gasteiger partial charge in [0.2, 0.25) is 0 Å². The Morgan fingerprint density at radius 3 is 2.37 bits per heavy atom. The SMILES string of the molecule is CC(C)=CCC/C(C)=C/CC/C(C)=C/CCC1(C)CCc2cc(OC(=O)c3cccnc3)c(C)c(C)c2O1. The van der Waals surface area contributed by atoms with Gasteiger partial charge in [0.05, 0.1) is 5.56 Å². The number of ether oxygens (including phenoxy) is 2. The molecule has 1 aliphatic heterocycles. The number of aromatic nitrogens is 1. The molecule has 1 unspecified atom stereocenters. The first-order valence-electron chi connectivity index (χ1n) is 14.0. The quantitative estimate of drug-likeness (QED) is 0.170. The molecule has 0 bridgehead atoms. The number of carbonyl (C=O) groups excluding carboxylic acids is 1. The molecule has 204 valence electrons. The molecule has 0 fully saturated rings. The van der Waals surface area contributed by atoms with Crippen molar-refractivity contribution in [3.8, 4) is 11.5 Å². The van der Waals surface area contributed by atoms with Crippen molar-refractivity contribution in [2.45, 2.75) is 105 Å². The van der Waals surface area contributed by atoms with E-state index in [-0.39, 0.29) is 5.60 Å². The lowest BCUT2D eigenvalue weighted by molar-refractivity contribution is 0.0556. The summed E-state index contributed by atoms with van der Waals surface area (Å²) in [6.07, 6.45) is 18.6. The van der Waals surface area contributed by atoms with E-state index < -0.39 is 5.97 Å². The summed E-state index contributed by atoms with van der Waals surface area (Å²) in [6, 6.07) is 5.43. The number of pyridine rings is 1. The van der Waals surface area contributed by atoms with Crippen molar-refractivity contribution < 1.29 is 14.3 Å². The van der Waals surface area contributed by atoms with Crippen LogP contribution >= 0.6 is 0 Å². The van der Waals surface area contributed by atoms with Crippen LogP contribution in [0.4, 0.5) is 0 Å². The molecule has 1 atom stereocenters. The fourth-order valence-electron chi connectivity index (χ4n) is 4.84. The Hall–Kier alpha value is -3.14. The number of aryl methyl sites for hydroxylation is 1. The summed E-state index contributed by atoms with van der Waals surface area (Å²) in [6.45, 7) is 15.1. The van der Waals surface area contributed by atoms with E-state index in [2.05, 4.69) is 64.8 Å². The van der Waals surface area contributed by atoms with E-state index in [1.165, 1.54) is 22.9 Å². The van der Waals surface area contributed by atoms with Crippen molar-refractivity contribution in [1.29, 1.82) is 0 Å². The second-order valence-electron chi connectivity index (χ2n) is 11.3. The third-order valence-corrected chi connectivity index (χ3v) is 7.53. The molecule has 1 aromatic heterocycles. The van der Waals surface area contributed by atoms with Gasteiger partial charge in [-0.2, -0.15) is 0 Å². The number of hydrogen-bond donors (Lipinski definition) is 0. The van der Waals surface area contributed by atoms with E-state index >= 15 is 0 Å². The molecule has 1 aliphatic rings. The first-order valence-corrected chi connectivity index (χ1v) is 14.0. The highest BCUT2D eigenvalue weighted by Gasteiger charge is 2.33. The van der Waals surface area contributed by atoms with Crippen molar-refractivity contribution in [3.05, 3.63) is 87.8 Å². The van der Waals surface area contributed by atoms with Gasteiger partial charge in [0.15, 0.2) is 0 Å². The third kappa shape index (κ3) is 8.44. The Kier molecular flexibility index (Phi) is 10.5. The fourth-order valence-corrected chi connectivity index (χ4v) is 4.84. The molecular formula is C34H45NO3. The maximum atomic E-state index is 12.6. The first kappa shape index (κ1) is 29.4. The van der Waals surface area contributed by atoms with Crippen LogP contribution < -0.4 is 9.47 Å². The summed E-state index contributed by atoms with van der Waals surface area (Å²) in [4.78, 5) is 16.6. The normalized spacial score (nSPS) is 17.4. The molecular weight excluding hydrogens is 470 g/mol. The zero-order chi connectivity index (χ0) is 27.7. The summed E-state index contributed by atoms with van der Waals surface area (Å²) in [7, 11) is 0. The average Bonchev–Trinajstić information content (AvgIpc) is 2.88. The van der Waals surface area contributed by atoms with Crippen LogP contribution in [-0.4, -0.2) is 16.6 Å². The van der Waals surface area contributed by atoms with Crippen molar-refractivity contribution >= 4 is 5.97 Å². The van der Waals surface area contributed by atoms with Crippen LogP contribution in [-0.2, 0) is 6.42 Å². The largest absolute Gasteiger partial charge is 0.487 e. The first-order chi connectivity index (χ1) is 18.1. The number of hydrogen-bond acceptors (Lipinski definition) is 4. The highest BCUT2D eigenvalue weighted by Crippen LogP contribution is 2.42. The highest BCUT2D eigenvalue weighted by molar-refractivity contribution is 5.90. The molecule has 3 rings (SSSR count). The minimum absolute atomic E-state index is 0.198. The summed E-state index contributed by atoms with van der Waals surface area (Å²) in [5, 5.41) is 0. The van der Waals surface area contributed by atoms with Gasteiger partial charge in [-0.1, -0.05) is 34.9 Å². The standard InChI is InChI=1S/C34H45NO3/c1-24(2)12-8-13-25(3)14-9-15-26(4)16-10-19-34(7)20-18-29-22-31(27(5)28(6)32(29)38-34)37-33(36)30-17-11-21-35-23-30/h11-12,14,16-17,21-23H,8-10,13,15,18-20H2,1-7H3/b25-14+,26-16+. The van der Waals surface area contributed by atoms with Gasteiger partial charge in [-0.3, -0.25) is 4.98 Å². The molecule has 0 spiro atoms. The zero-order valence-electron chi connectivity index (χ0n) is 24.4. The Morgan fingerprint density at radius 1 is 1.03 bits per heavy atom. The van der Waals surface area contributed by atoms with Crippen molar-refractivity contribution in [2.75, 3.05) is 0 Å². The second-order valence-corrected chi connectivity index (χ2v) is 11.3. The monoisotopic (exact) mass is 515 g/mol. The molecule has 2 heterocycles. The lowest BCUT2D eigenvalue weighted by Gasteiger charge is -2.37. The topological polar surface area (TPSA) is 48.4 Å². The van der Waals surface area contributed by atoms with E-state index in [9.17, 15) is 4.79 Å². The molecule has 0 aliphatic carbocycles. The fraction of sp³-hybridized carbons (Fsp3) is 0.471. The Morgan fingerprint density at radius 2 is 1.71 bits per heavy atom. The van der Waals surface area contributed by atoms with Gasteiger partial charge in [-0.25, -0.2) is 4.79 Å². The number of carbonyl (C=O) groups is 1. The van der Waals surface area contributed by atoms with Gasteiger partial charge in [-0.15, -0.1) is 0 Å². The van der Waals surface area contributed by atoms with Gasteiger partial charge >= 0.3 is 5.97 Å². The van der Waals surface area contributed by atoms with Gasteiger partial charge in [0.1, 0.15) is 17.1 Å². The molecule has 4 heteroatoms. The summed E-state index contributed by atoms with van der Waals surface area (Å²) in [5.74, 6) is 1.16. The minimum atomic E-state index is -0.390. The molecule has 0 radical (unpaired) electrons. The smallest absolute Gasteiger partial charge is 0.345 e. The average molecular weight is 516 g/mol. The van der Waals surface area contributed by atoms with Gasteiger partial charge < -0.3 is 9.47 Å². The number of esters is 1. The molecule has 2 aromatic rings. The van der Waals surface area contributed by atoms with E-state index in [1.54, 1.807) is 18.3 Å². The van der Waals surface area contributed by atoms with Gasteiger partial charge in [0.25, 0.3) is 0 Å². The zero-order valence-corrected chi connectivity index (χ0v) is 24.4. The molecule has 0 saturated heterocycles. The van der Waals surface area contributed by atoms with Crippen molar-refractivity contribution in [1.82, 2.24) is 4.98 Å². The Bertz CT molecular complexity index is 1200. The Labute approximate surface area is 229 Å². The molecule has 0 amide bonds. The van der Waals surface area contributed by atoms with Crippen LogP contribution in [0.2, 0.25) is 0 Å². The maximum Gasteiger partial charge on any atom is 0.345 e. The Balaban J connectivity index is 1.55. The number of benzene rings is 1. The maximum absolute atomic E-state index is 12.6. The van der Waals surface area contributed by atoms with Crippen LogP contribution in [0.3, 0.4) is 0 Å². The molecule has 1 aromatic carbocycles.